The van der Waals surface area contributed by atoms with Crippen LogP contribution in [0.25, 0.3) is 0 Å². The summed E-state index contributed by atoms with van der Waals surface area (Å²) in [7, 11) is 1.33. The van der Waals surface area contributed by atoms with Gasteiger partial charge in [-0.1, -0.05) is 30.3 Å². The fourth-order valence-corrected chi connectivity index (χ4v) is 2.64. The molecule has 22 heavy (non-hydrogen) atoms. The van der Waals surface area contributed by atoms with E-state index in [0.717, 1.165) is 12.8 Å². The first-order chi connectivity index (χ1) is 10.7. The first-order valence-corrected chi connectivity index (χ1v) is 7.70. The summed E-state index contributed by atoms with van der Waals surface area (Å²) in [6, 6.07) is 10.1. The lowest BCUT2D eigenvalue weighted by molar-refractivity contribution is -0.155. The Balaban J connectivity index is 1.91. The Kier molecular flexibility index (Phi) is 6.40. The molecule has 1 aliphatic heterocycles. The van der Waals surface area contributed by atoms with Crippen molar-refractivity contribution in [2.75, 3.05) is 33.4 Å². The minimum atomic E-state index is -0.702. The maximum atomic E-state index is 12.5. The second-order valence-electron chi connectivity index (χ2n) is 5.39. The largest absolute Gasteiger partial charge is 0.468 e. The summed E-state index contributed by atoms with van der Waals surface area (Å²) in [5.41, 5.74) is 1.21. The number of nitrogens with zero attached hydrogens (tertiary/aromatic N) is 1. The monoisotopic (exact) mass is 305 g/mol. The van der Waals surface area contributed by atoms with Gasteiger partial charge in [0.15, 0.2) is 0 Å². The van der Waals surface area contributed by atoms with Crippen LogP contribution in [0.1, 0.15) is 18.4 Å². The van der Waals surface area contributed by atoms with E-state index in [2.05, 4.69) is 12.1 Å². The highest BCUT2D eigenvalue weighted by Crippen LogP contribution is 2.16. The van der Waals surface area contributed by atoms with Gasteiger partial charge in [0, 0.05) is 13.1 Å². The van der Waals surface area contributed by atoms with Crippen molar-refractivity contribution in [1.82, 2.24) is 4.90 Å². The van der Waals surface area contributed by atoms with E-state index in [0.29, 0.717) is 32.7 Å². The molecule has 1 aliphatic rings. The van der Waals surface area contributed by atoms with E-state index < -0.39 is 11.9 Å². The van der Waals surface area contributed by atoms with Crippen molar-refractivity contribution in [3.8, 4) is 0 Å². The van der Waals surface area contributed by atoms with Gasteiger partial charge in [-0.05, 0) is 24.8 Å². The molecule has 1 unspecified atom stereocenters. The van der Waals surface area contributed by atoms with Gasteiger partial charge < -0.3 is 14.4 Å². The van der Waals surface area contributed by atoms with Crippen molar-refractivity contribution in [1.29, 1.82) is 0 Å². The van der Waals surface area contributed by atoms with Crippen LogP contribution in [0.2, 0.25) is 0 Å². The smallest absolute Gasteiger partial charge is 0.318 e. The molecule has 1 aromatic carbocycles. The SMILES string of the molecule is COC(=O)C(CCCc1ccccc1)C(=O)N1CCOCC1. The van der Waals surface area contributed by atoms with E-state index in [-0.39, 0.29) is 5.91 Å². The Bertz CT molecular complexity index is 483. The van der Waals surface area contributed by atoms with Crippen molar-refractivity contribution in [3.63, 3.8) is 0 Å². The lowest BCUT2D eigenvalue weighted by Crippen LogP contribution is -2.45. The quantitative estimate of drug-likeness (QED) is 0.592. The standard InChI is InChI=1S/C17H23NO4/c1-21-17(20)15(16(19)18-10-12-22-13-11-18)9-5-8-14-6-3-2-4-7-14/h2-4,6-7,15H,5,8-13H2,1H3. The second-order valence-corrected chi connectivity index (χ2v) is 5.39. The van der Waals surface area contributed by atoms with E-state index in [1.54, 1.807) is 4.90 Å². The minimum Gasteiger partial charge on any atom is -0.468 e. The van der Waals surface area contributed by atoms with Crippen LogP contribution in [0, 0.1) is 5.92 Å². The van der Waals surface area contributed by atoms with Gasteiger partial charge in [0.1, 0.15) is 5.92 Å². The average Bonchev–Trinajstić information content (AvgIpc) is 2.59. The summed E-state index contributed by atoms with van der Waals surface area (Å²) in [6.07, 6.45) is 2.14. The van der Waals surface area contributed by atoms with Gasteiger partial charge in [-0.3, -0.25) is 9.59 Å². The van der Waals surface area contributed by atoms with Crippen LogP contribution in [-0.2, 0) is 25.5 Å². The molecule has 1 aromatic rings. The third kappa shape index (κ3) is 4.56. The van der Waals surface area contributed by atoms with Crippen molar-refractivity contribution in [2.24, 2.45) is 5.92 Å². The summed E-state index contributed by atoms with van der Waals surface area (Å²) in [6.45, 7) is 2.16. The lowest BCUT2D eigenvalue weighted by Gasteiger charge is -2.29. The molecule has 0 radical (unpaired) electrons. The average molecular weight is 305 g/mol. The molecule has 0 N–H and O–H groups in total. The maximum absolute atomic E-state index is 12.5. The fourth-order valence-electron chi connectivity index (χ4n) is 2.64. The number of aryl methyl sites for hydroxylation is 1. The summed E-state index contributed by atoms with van der Waals surface area (Å²) in [5.74, 6) is -1.28. The van der Waals surface area contributed by atoms with E-state index in [9.17, 15) is 9.59 Å². The third-order valence-corrected chi connectivity index (χ3v) is 3.91. The van der Waals surface area contributed by atoms with Crippen LogP contribution < -0.4 is 0 Å². The van der Waals surface area contributed by atoms with E-state index in [1.807, 2.05) is 18.2 Å². The summed E-state index contributed by atoms with van der Waals surface area (Å²) >= 11 is 0. The summed E-state index contributed by atoms with van der Waals surface area (Å²) in [5, 5.41) is 0. The summed E-state index contributed by atoms with van der Waals surface area (Å²) in [4.78, 5) is 26.2. The van der Waals surface area contributed by atoms with Gasteiger partial charge in [0.2, 0.25) is 5.91 Å². The van der Waals surface area contributed by atoms with Crippen molar-refractivity contribution in [2.45, 2.75) is 19.3 Å². The number of hydrogen-bond donors (Lipinski definition) is 0. The van der Waals surface area contributed by atoms with Gasteiger partial charge in [0.25, 0.3) is 0 Å². The van der Waals surface area contributed by atoms with Crippen molar-refractivity contribution < 1.29 is 19.1 Å². The number of carbonyl (C=O) groups is 2. The van der Waals surface area contributed by atoms with Crippen LogP contribution in [0.4, 0.5) is 0 Å². The number of carbonyl (C=O) groups excluding carboxylic acids is 2. The second kappa shape index (κ2) is 8.54. The van der Waals surface area contributed by atoms with Gasteiger partial charge in [-0.15, -0.1) is 0 Å². The highest BCUT2D eigenvalue weighted by Gasteiger charge is 2.31. The molecule has 0 bridgehead atoms. The zero-order valence-corrected chi connectivity index (χ0v) is 13.0. The molecule has 0 aromatic heterocycles. The number of morpholine rings is 1. The molecular formula is C17H23NO4. The Morgan fingerprint density at radius 3 is 2.55 bits per heavy atom. The van der Waals surface area contributed by atoms with Crippen LogP contribution in [0.15, 0.2) is 30.3 Å². The normalized spacial score (nSPS) is 16.1. The molecule has 0 spiro atoms. The predicted octanol–water partition coefficient (Wildman–Crippen LogP) is 1.66. The van der Waals surface area contributed by atoms with Crippen LogP contribution in [0.5, 0.6) is 0 Å². The van der Waals surface area contributed by atoms with E-state index in [4.69, 9.17) is 9.47 Å². The maximum Gasteiger partial charge on any atom is 0.318 e. The Hall–Kier alpha value is -1.88. The highest BCUT2D eigenvalue weighted by atomic mass is 16.5. The van der Waals surface area contributed by atoms with E-state index in [1.165, 1.54) is 12.7 Å². The molecule has 0 saturated carbocycles. The van der Waals surface area contributed by atoms with Crippen LogP contribution >= 0.6 is 0 Å². The number of methoxy groups -OCH3 is 1. The first-order valence-electron chi connectivity index (χ1n) is 7.70. The molecular weight excluding hydrogens is 282 g/mol. The van der Waals surface area contributed by atoms with Gasteiger partial charge in [-0.25, -0.2) is 0 Å². The molecule has 1 saturated heterocycles. The zero-order valence-electron chi connectivity index (χ0n) is 13.0. The van der Waals surface area contributed by atoms with E-state index >= 15 is 0 Å². The number of rotatable bonds is 6. The molecule has 1 amide bonds. The zero-order chi connectivity index (χ0) is 15.8. The lowest BCUT2D eigenvalue weighted by atomic mass is 9.98. The molecule has 120 valence electrons. The van der Waals surface area contributed by atoms with Crippen LogP contribution in [0.3, 0.4) is 0 Å². The molecule has 1 heterocycles. The number of benzene rings is 1. The topological polar surface area (TPSA) is 55.8 Å². The van der Waals surface area contributed by atoms with Crippen LogP contribution in [-0.4, -0.2) is 50.2 Å². The molecule has 1 fully saturated rings. The number of esters is 1. The van der Waals surface area contributed by atoms with Gasteiger partial charge in [0.05, 0.1) is 20.3 Å². The Morgan fingerprint density at radius 1 is 1.23 bits per heavy atom. The fraction of sp³-hybridized carbons (Fsp3) is 0.529. The third-order valence-electron chi connectivity index (χ3n) is 3.91. The minimum absolute atomic E-state index is 0.136. The highest BCUT2D eigenvalue weighted by molar-refractivity contribution is 5.97. The molecule has 5 nitrogen and oxygen atoms in total. The number of ether oxygens (including phenoxy) is 2. The molecule has 0 aliphatic carbocycles. The molecule has 2 rings (SSSR count). The first kappa shape index (κ1) is 16.5. The Labute approximate surface area is 131 Å². The summed E-state index contributed by atoms with van der Waals surface area (Å²) < 4.78 is 10.1. The Morgan fingerprint density at radius 2 is 1.91 bits per heavy atom. The van der Waals surface area contributed by atoms with Crippen molar-refractivity contribution in [3.05, 3.63) is 35.9 Å². The van der Waals surface area contributed by atoms with Crippen molar-refractivity contribution >= 4 is 11.9 Å². The number of amides is 1. The molecule has 5 heteroatoms. The number of hydrogen-bond acceptors (Lipinski definition) is 4. The van der Waals surface area contributed by atoms with Gasteiger partial charge in [-0.2, -0.15) is 0 Å². The predicted molar refractivity (Wildman–Crippen MR) is 82.3 cm³/mol. The molecule has 1 atom stereocenters. The van der Waals surface area contributed by atoms with Gasteiger partial charge >= 0.3 is 5.97 Å².